The molecule has 0 saturated carbocycles. The molecular formula is C21H14F3N3O2S. The summed E-state index contributed by atoms with van der Waals surface area (Å²) in [6.07, 6.45) is -1.40. The van der Waals surface area contributed by atoms with Crippen LogP contribution in [-0.2, 0) is 22.8 Å². The largest absolute Gasteiger partial charge is 0.416 e. The first-order valence-electron chi connectivity index (χ1n) is 8.79. The Balaban J connectivity index is 1.79. The van der Waals surface area contributed by atoms with Crippen molar-refractivity contribution in [2.75, 3.05) is 4.90 Å². The van der Waals surface area contributed by atoms with E-state index in [0.29, 0.717) is 5.56 Å². The number of amides is 2. The Morgan fingerprint density at radius 3 is 2.53 bits per heavy atom. The maximum atomic E-state index is 13.1. The van der Waals surface area contributed by atoms with Gasteiger partial charge in [-0.05, 0) is 42.6 Å². The number of nitrogens with zero attached hydrogens (tertiary/aromatic N) is 2. The Labute approximate surface area is 174 Å². The molecule has 2 amide bonds. The normalized spacial score (nSPS) is 16.5. The number of carbonyl (C=O) groups excluding carboxylic acids is 2. The van der Waals surface area contributed by atoms with Crippen molar-refractivity contribution >= 4 is 51.8 Å². The topological polar surface area (TPSA) is 54.3 Å². The van der Waals surface area contributed by atoms with Crippen LogP contribution in [0, 0.1) is 0 Å². The van der Waals surface area contributed by atoms with Gasteiger partial charge in [-0.2, -0.15) is 13.2 Å². The minimum atomic E-state index is -4.58. The molecule has 152 valence electrons. The summed E-state index contributed by atoms with van der Waals surface area (Å²) in [5.74, 6) is -1.50. The van der Waals surface area contributed by atoms with E-state index in [0.717, 1.165) is 27.9 Å². The molecule has 2 aromatic carbocycles. The van der Waals surface area contributed by atoms with Crippen LogP contribution in [0.25, 0.3) is 17.0 Å². The molecule has 0 radical (unpaired) electrons. The van der Waals surface area contributed by atoms with E-state index in [4.69, 9.17) is 12.2 Å². The van der Waals surface area contributed by atoms with Gasteiger partial charge in [0, 0.05) is 29.7 Å². The molecular weight excluding hydrogens is 415 g/mol. The summed E-state index contributed by atoms with van der Waals surface area (Å²) in [6, 6.07) is 11.7. The molecule has 1 aliphatic rings. The number of benzene rings is 2. The summed E-state index contributed by atoms with van der Waals surface area (Å²) in [5, 5.41) is 2.93. The third-order valence-corrected chi connectivity index (χ3v) is 5.05. The SMILES string of the molecule is Cn1cc(C=C2C(=O)NC(=S)N(c3cccc(C(F)(F)F)c3)C2=O)c2ccccc21. The van der Waals surface area contributed by atoms with E-state index in [1.165, 1.54) is 18.2 Å². The predicted octanol–water partition coefficient (Wildman–Crippen LogP) is 4.03. The summed E-state index contributed by atoms with van der Waals surface area (Å²) in [5.41, 5.74) is 0.301. The van der Waals surface area contributed by atoms with Crippen LogP contribution >= 0.6 is 12.2 Å². The molecule has 5 nitrogen and oxygen atoms in total. The lowest BCUT2D eigenvalue weighted by molar-refractivity contribution is -0.137. The van der Waals surface area contributed by atoms with Crippen molar-refractivity contribution in [1.82, 2.24) is 9.88 Å². The summed E-state index contributed by atoms with van der Waals surface area (Å²) in [7, 11) is 1.83. The number of alkyl halides is 3. The van der Waals surface area contributed by atoms with Crippen molar-refractivity contribution in [2.24, 2.45) is 7.05 Å². The van der Waals surface area contributed by atoms with Crippen molar-refractivity contribution < 1.29 is 22.8 Å². The van der Waals surface area contributed by atoms with E-state index in [1.807, 2.05) is 35.9 Å². The quantitative estimate of drug-likeness (QED) is 0.380. The summed E-state index contributed by atoms with van der Waals surface area (Å²) < 4.78 is 41.1. The molecule has 0 unspecified atom stereocenters. The van der Waals surface area contributed by atoms with Crippen LogP contribution in [0.3, 0.4) is 0 Å². The van der Waals surface area contributed by atoms with Gasteiger partial charge in [0.05, 0.1) is 11.3 Å². The number of hydrogen-bond donors (Lipinski definition) is 1. The van der Waals surface area contributed by atoms with Gasteiger partial charge in [-0.25, -0.2) is 0 Å². The van der Waals surface area contributed by atoms with Crippen molar-refractivity contribution in [1.29, 1.82) is 0 Å². The number of thiocarbonyl (C=S) groups is 1. The molecule has 0 bridgehead atoms. The fourth-order valence-corrected chi connectivity index (χ4v) is 3.64. The summed E-state index contributed by atoms with van der Waals surface area (Å²) in [4.78, 5) is 26.4. The van der Waals surface area contributed by atoms with Crippen molar-refractivity contribution in [2.45, 2.75) is 6.18 Å². The van der Waals surface area contributed by atoms with Gasteiger partial charge in [-0.15, -0.1) is 0 Å². The molecule has 4 rings (SSSR count). The molecule has 1 aliphatic heterocycles. The van der Waals surface area contributed by atoms with E-state index in [2.05, 4.69) is 5.32 Å². The summed E-state index contributed by atoms with van der Waals surface area (Å²) >= 11 is 5.06. The molecule has 0 atom stereocenters. The third-order valence-electron chi connectivity index (χ3n) is 4.76. The number of halogens is 3. The molecule has 0 spiro atoms. The van der Waals surface area contributed by atoms with E-state index in [9.17, 15) is 22.8 Å². The Kier molecular flexibility index (Phi) is 4.70. The van der Waals surface area contributed by atoms with Crippen LogP contribution in [-0.4, -0.2) is 21.5 Å². The highest BCUT2D eigenvalue weighted by Gasteiger charge is 2.36. The lowest BCUT2D eigenvalue weighted by atomic mass is 10.1. The zero-order chi connectivity index (χ0) is 21.6. The maximum absolute atomic E-state index is 13.1. The number of fused-ring (bicyclic) bond motifs is 1. The smallest absolute Gasteiger partial charge is 0.350 e. The Bertz CT molecular complexity index is 1240. The number of aryl methyl sites for hydroxylation is 1. The van der Waals surface area contributed by atoms with E-state index in [1.54, 1.807) is 6.20 Å². The molecule has 30 heavy (non-hydrogen) atoms. The second-order valence-corrected chi connectivity index (χ2v) is 7.11. The molecule has 2 heterocycles. The molecule has 0 aliphatic carbocycles. The minimum absolute atomic E-state index is 0.0800. The van der Waals surface area contributed by atoms with Crippen molar-refractivity contribution in [3.8, 4) is 0 Å². The van der Waals surface area contributed by atoms with E-state index >= 15 is 0 Å². The van der Waals surface area contributed by atoms with Gasteiger partial charge in [0.1, 0.15) is 5.57 Å². The van der Waals surface area contributed by atoms with Gasteiger partial charge in [0.25, 0.3) is 11.8 Å². The predicted molar refractivity (Wildman–Crippen MR) is 111 cm³/mol. The highest BCUT2D eigenvalue weighted by Crippen LogP contribution is 2.33. The fourth-order valence-electron chi connectivity index (χ4n) is 3.36. The molecule has 3 aromatic rings. The zero-order valence-corrected chi connectivity index (χ0v) is 16.3. The summed E-state index contributed by atoms with van der Waals surface area (Å²) in [6.45, 7) is 0. The number of anilines is 1. The van der Waals surface area contributed by atoms with Crippen LogP contribution < -0.4 is 10.2 Å². The van der Waals surface area contributed by atoms with Gasteiger partial charge in [0.2, 0.25) is 0 Å². The average Bonchev–Trinajstić information content (AvgIpc) is 3.00. The van der Waals surface area contributed by atoms with Crippen LogP contribution in [0.4, 0.5) is 18.9 Å². The number of hydrogen-bond acceptors (Lipinski definition) is 3. The van der Waals surface area contributed by atoms with Crippen molar-refractivity contribution in [3.63, 3.8) is 0 Å². The Hall–Kier alpha value is -3.46. The number of para-hydroxylation sites is 1. The minimum Gasteiger partial charge on any atom is -0.350 e. The number of aromatic nitrogens is 1. The van der Waals surface area contributed by atoms with Crippen LogP contribution in [0.2, 0.25) is 0 Å². The molecule has 9 heteroatoms. The van der Waals surface area contributed by atoms with Gasteiger partial charge in [-0.3, -0.25) is 19.8 Å². The van der Waals surface area contributed by atoms with Crippen LogP contribution in [0.1, 0.15) is 11.1 Å². The van der Waals surface area contributed by atoms with Gasteiger partial charge >= 0.3 is 6.18 Å². The Morgan fingerprint density at radius 2 is 1.80 bits per heavy atom. The maximum Gasteiger partial charge on any atom is 0.416 e. The third kappa shape index (κ3) is 3.37. The average molecular weight is 429 g/mol. The van der Waals surface area contributed by atoms with E-state index in [-0.39, 0.29) is 16.4 Å². The molecule has 1 fully saturated rings. The standard InChI is InChI=1S/C21H14F3N3O2S/c1-26-11-12(15-7-2-3-8-17(15)26)9-16-18(28)25-20(30)27(19(16)29)14-6-4-5-13(10-14)21(22,23)24/h2-11H,1H3,(H,25,28,30). The highest BCUT2D eigenvalue weighted by atomic mass is 32.1. The zero-order valence-electron chi connectivity index (χ0n) is 15.5. The molecule has 1 saturated heterocycles. The molecule has 1 aromatic heterocycles. The van der Waals surface area contributed by atoms with Crippen LogP contribution in [0.15, 0.2) is 60.3 Å². The van der Waals surface area contributed by atoms with Crippen LogP contribution in [0.5, 0.6) is 0 Å². The number of rotatable bonds is 2. The first-order valence-corrected chi connectivity index (χ1v) is 9.20. The fraction of sp³-hybridized carbons (Fsp3) is 0.0952. The first-order chi connectivity index (χ1) is 14.2. The lowest BCUT2D eigenvalue weighted by Gasteiger charge is -2.29. The highest BCUT2D eigenvalue weighted by molar-refractivity contribution is 7.80. The second kappa shape index (κ2) is 7.10. The van der Waals surface area contributed by atoms with Gasteiger partial charge < -0.3 is 4.57 Å². The first kappa shape index (κ1) is 19.8. The monoisotopic (exact) mass is 429 g/mol. The lowest BCUT2D eigenvalue weighted by Crippen LogP contribution is -2.54. The number of carbonyl (C=O) groups is 2. The molecule has 1 N–H and O–H groups in total. The van der Waals surface area contributed by atoms with Crippen molar-refractivity contribution in [3.05, 3.63) is 71.4 Å². The Morgan fingerprint density at radius 1 is 1.07 bits per heavy atom. The van der Waals surface area contributed by atoms with Gasteiger partial charge in [-0.1, -0.05) is 24.3 Å². The van der Waals surface area contributed by atoms with Gasteiger partial charge in [0.15, 0.2) is 5.11 Å². The number of nitrogens with one attached hydrogen (secondary N) is 1. The second-order valence-electron chi connectivity index (χ2n) is 6.72. The van der Waals surface area contributed by atoms with E-state index < -0.39 is 23.6 Å².